The quantitative estimate of drug-likeness (QED) is 0.327. The van der Waals surface area contributed by atoms with E-state index in [2.05, 4.69) is 4.98 Å². The lowest BCUT2D eigenvalue weighted by atomic mass is 10.0. The maximum Gasteiger partial charge on any atom is 0.340 e. The molecule has 146 valence electrons. The van der Waals surface area contributed by atoms with E-state index in [1.807, 2.05) is 6.07 Å². The molecule has 0 fully saturated rings. The summed E-state index contributed by atoms with van der Waals surface area (Å²) in [6.45, 7) is 5.16. The lowest BCUT2D eigenvalue weighted by Crippen LogP contribution is -2.08. The minimum Gasteiger partial charge on any atom is -0.503 e. The molecule has 28 heavy (non-hydrogen) atoms. The Morgan fingerprint density at radius 2 is 2.04 bits per heavy atom. The van der Waals surface area contributed by atoms with Crippen LogP contribution >= 0.6 is 11.6 Å². The number of carbonyl (C=O) groups excluding carboxylic acids is 2. The van der Waals surface area contributed by atoms with Gasteiger partial charge in [-0.15, -0.1) is 0 Å². The number of carbonyl (C=O) groups is 2. The van der Waals surface area contributed by atoms with Crippen LogP contribution in [-0.4, -0.2) is 35.6 Å². The van der Waals surface area contributed by atoms with Crippen molar-refractivity contribution in [2.75, 3.05) is 13.7 Å². The monoisotopic (exact) mass is 402 g/mol. The van der Waals surface area contributed by atoms with E-state index in [1.54, 1.807) is 20.8 Å². The SMILES string of the molecule is CCOC(=O)c1c(C)[nH]c(C(=O)/C(C#N)=C/c2cc(Cl)c(O)c(OC)c2)c1C. The van der Waals surface area contributed by atoms with Crippen LogP contribution in [0.25, 0.3) is 6.08 Å². The van der Waals surface area contributed by atoms with Gasteiger partial charge in [-0.3, -0.25) is 4.79 Å². The second-order valence-electron chi connectivity index (χ2n) is 5.90. The first-order valence-corrected chi connectivity index (χ1v) is 8.72. The summed E-state index contributed by atoms with van der Waals surface area (Å²) in [4.78, 5) is 27.8. The number of hydrogen-bond donors (Lipinski definition) is 2. The van der Waals surface area contributed by atoms with Crippen LogP contribution in [0.5, 0.6) is 11.5 Å². The highest BCUT2D eigenvalue weighted by Gasteiger charge is 2.25. The van der Waals surface area contributed by atoms with Gasteiger partial charge in [-0.1, -0.05) is 11.6 Å². The van der Waals surface area contributed by atoms with E-state index in [4.69, 9.17) is 21.1 Å². The van der Waals surface area contributed by atoms with E-state index in [0.717, 1.165) is 0 Å². The second-order valence-corrected chi connectivity index (χ2v) is 6.31. The highest BCUT2D eigenvalue weighted by Crippen LogP contribution is 2.35. The number of halogens is 1. The van der Waals surface area contributed by atoms with Crippen molar-refractivity contribution in [3.05, 3.63) is 50.8 Å². The van der Waals surface area contributed by atoms with Crippen LogP contribution in [0.4, 0.5) is 0 Å². The van der Waals surface area contributed by atoms with Gasteiger partial charge in [-0.2, -0.15) is 5.26 Å². The molecule has 1 aromatic heterocycles. The van der Waals surface area contributed by atoms with E-state index in [9.17, 15) is 20.0 Å². The van der Waals surface area contributed by atoms with Crippen molar-refractivity contribution in [3.8, 4) is 17.6 Å². The minimum atomic E-state index is -0.582. The summed E-state index contributed by atoms with van der Waals surface area (Å²) in [5, 5.41) is 19.3. The topological polar surface area (TPSA) is 112 Å². The molecular formula is C20H19ClN2O5. The van der Waals surface area contributed by atoms with Crippen molar-refractivity contribution < 1.29 is 24.2 Å². The number of phenols is 1. The van der Waals surface area contributed by atoms with Crippen molar-refractivity contribution in [1.29, 1.82) is 5.26 Å². The zero-order valence-corrected chi connectivity index (χ0v) is 16.6. The van der Waals surface area contributed by atoms with Crippen molar-refractivity contribution in [1.82, 2.24) is 4.98 Å². The number of methoxy groups -OCH3 is 1. The van der Waals surface area contributed by atoms with Gasteiger partial charge in [0.15, 0.2) is 11.5 Å². The maximum atomic E-state index is 12.9. The molecule has 8 heteroatoms. The number of hydrogen-bond acceptors (Lipinski definition) is 6. The predicted molar refractivity (Wildman–Crippen MR) is 104 cm³/mol. The summed E-state index contributed by atoms with van der Waals surface area (Å²) in [5.74, 6) is -1.24. The van der Waals surface area contributed by atoms with Crippen LogP contribution in [0, 0.1) is 25.2 Å². The Labute approximate surface area is 167 Å². The molecule has 0 aliphatic carbocycles. The van der Waals surface area contributed by atoms with E-state index in [-0.39, 0.29) is 40.0 Å². The predicted octanol–water partition coefficient (Wildman–Crippen LogP) is 3.97. The van der Waals surface area contributed by atoms with Crippen molar-refractivity contribution in [2.45, 2.75) is 20.8 Å². The van der Waals surface area contributed by atoms with Gasteiger partial charge in [0.25, 0.3) is 0 Å². The third-order valence-electron chi connectivity index (χ3n) is 4.09. The number of aromatic hydroxyl groups is 1. The van der Waals surface area contributed by atoms with Crippen LogP contribution in [0.1, 0.15) is 44.6 Å². The number of nitrogens with one attached hydrogen (secondary N) is 1. The fourth-order valence-electron chi connectivity index (χ4n) is 2.77. The van der Waals surface area contributed by atoms with E-state index >= 15 is 0 Å². The standard InChI is InChI=1S/C20H19ClN2O5/c1-5-28-20(26)16-10(2)17(23-11(16)3)18(24)13(9-22)6-12-7-14(21)19(25)15(8-12)27-4/h6-8,23,25H,5H2,1-4H3/b13-6+. The van der Waals surface area contributed by atoms with Crippen molar-refractivity contribution in [3.63, 3.8) is 0 Å². The molecule has 0 saturated carbocycles. The van der Waals surface area contributed by atoms with Crippen LogP contribution in [0.2, 0.25) is 5.02 Å². The number of aryl methyl sites for hydroxylation is 1. The molecule has 2 aromatic rings. The molecular weight excluding hydrogens is 384 g/mol. The molecule has 0 unspecified atom stereocenters. The number of phenolic OH excluding ortho intramolecular Hbond substituents is 1. The third-order valence-corrected chi connectivity index (χ3v) is 4.38. The molecule has 0 amide bonds. The highest BCUT2D eigenvalue weighted by molar-refractivity contribution is 6.32. The molecule has 0 atom stereocenters. The molecule has 1 heterocycles. The minimum absolute atomic E-state index is 0.0202. The lowest BCUT2D eigenvalue weighted by Gasteiger charge is -2.07. The van der Waals surface area contributed by atoms with Gasteiger partial charge >= 0.3 is 5.97 Å². The Kier molecular flexibility index (Phi) is 6.49. The van der Waals surface area contributed by atoms with E-state index in [1.165, 1.54) is 25.3 Å². The number of nitrogens with zero attached hydrogens (tertiary/aromatic N) is 1. The third kappa shape index (κ3) is 4.02. The molecule has 2 rings (SSSR count). The number of nitriles is 1. The first-order valence-electron chi connectivity index (χ1n) is 8.34. The number of aromatic amines is 1. The average molecular weight is 403 g/mol. The van der Waals surface area contributed by atoms with Gasteiger partial charge in [-0.05, 0) is 50.1 Å². The highest BCUT2D eigenvalue weighted by atomic mass is 35.5. The van der Waals surface area contributed by atoms with Crippen LogP contribution in [-0.2, 0) is 4.74 Å². The molecule has 0 aliphatic heterocycles. The van der Waals surface area contributed by atoms with Gasteiger partial charge in [-0.25, -0.2) is 4.79 Å². The largest absolute Gasteiger partial charge is 0.503 e. The summed E-state index contributed by atoms with van der Waals surface area (Å²) in [5.41, 5.74) is 1.51. The van der Waals surface area contributed by atoms with E-state index in [0.29, 0.717) is 16.8 Å². The van der Waals surface area contributed by atoms with E-state index < -0.39 is 11.8 Å². The number of benzene rings is 1. The molecule has 0 spiro atoms. The normalized spacial score (nSPS) is 11.1. The molecule has 1 aromatic carbocycles. The fraction of sp³-hybridized carbons (Fsp3) is 0.250. The Balaban J connectivity index is 2.49. The Morgan fingerprint density at radius 1 is 1.36 bits per heavy atom. The Morgan fingerprint density at radius 3 is 2.61 bits per heavy atom. The number of esters is 1. The number of Topliss-reactive ketones (excluding diaryl/α,β-unsaturated/α-hetero) is 1. The number of ether oxygens (including phenoxy) is 2. The Hall–Kier alpha value is -3.24. The smallest absolute Gasteiger partial charge is 0.340 e. The zero-order chi connectivity index (χ0) is 21.0. The first kappa shape index (κ1) is 21.1. The Bertz CT molecular complexity index is 1010. The molecule has 0 radical (unpaired) electrons. The van der Waals surface area contributed by atoms with Gasteiger partial charge in [0, 0.05) is 5.69 Å². The summed E-state index contributed by atoms with van der Waals surface area (Å²) < 4.78 is 10.0. The van der Waals surface area contributed by atoms with Crippen molar-refractivity contribution >= 4 is 29.4 Å². The molecule has 0 bridgehead atoms. The maximum absolute atomic E-state index is 12.9. The fourth-order valence-corrected chi connectivity index (χ4v) is 2.99. The van der Waals surface area contributed by atoms with Crippen molar-refractivity contribution in [2.24, 2.45) is 0 Å². The van der Waals surface area contributed by atoms with Crippen LogP contribution in [0.3, 0.4) is 0 Å². The molecule has 0 saturated heterocycles. The summed E-state index contributed by atoms with van der Waals surface area (Å²) in [6, 6.07) is 4.71. The number of rotatable bonds is 6. The molecule has 0 aliphatic rings. The van der Waals surface area contributed by atoms with Gasteiger partial charge < -0.3 is 19.6 Å². The molecule has 2 N–H and O–H groups in total. The van der Waals surface area contributed by atoms with Gasteiger partial charge in [0.1, 0.15) is 11.6 Å². The van der Waals surface area contributed by atoms with Crippen LogP contribution < -0.4 is 4.74 Å². The summed E-state index contributed by atoms with van der Waals surface area (Å²) >= 11 is 5.95. The first-order chi connectivity index (χ1) is 13.2. The number of H-pyrrole nitrogens is 1. The summed E-state index contributed by atoms with van der Waals surface area (Å²) in [6.07, 6.45) is 1.33. The van der Waals surface area contributed by atoms with Gasteiger partial charge in [0.05, 0.1) is 30.0 Å². The number of aromatic nitrogens is 1. The lowest BCUT2D eigenvalue weighted by molar-refractivity contribution is 0.0525. The zero-order valence-electron chi connectivity index (χ0n) is 15.8. The number of ketones is 1. The molecule has 7 nitrogen and oxygen atoms in total. The average Bonchev–Trinajstić information content (AvgIpc) is 2.96. The second kappa shape index (κ2) is 8.63. The van der Waals surface area contributed by atoms with Crippen LogP contribution in [0.15, 0.2) is 17.7 Å². The van der Waals surface area contributed by atoms with Gasteiger partial charge in [0.2, 0.25) is 5.78 Å². The number of allylic oxidation sites excluding steroid dienone is 1. The summed E-state index contributed by atoms with van der Waals surface area (Å²) in [7, 11) is 1.36.